The molecule has 0 saturated carbocycles. The number of hydrogen-bond acceptors (Lipinski definition) is 6. The van der Waals surface area contributed by atoms with Crippen LogP contribution >= 0.6 is 0 Å². The van der Waals surface area contributed by atoms with E-state index >= 15 is 0 Å². The van der Waals surface area contributed by atoms with Crippen molar-refractivity contribution in [3.63, 3.8) is 0 Å². The summed E-state index contributed by atoms with van der Waals surface area (Å²) in [6.45, 7) is -0.0764. The van der Waals surface area contributed by atoms with Crippen LogP contribution in [-0.4, -0.2) is 28.3 Å². The van der Waals surface area contributed by atoms with Crippen LogP contribution in [0.2, 0.25) is 0 Å². The molecule has 0 fully saturated rings. The Morgan fingerprint density at radius 2 is 2.14 bits per heavy atom. The second kappa shape index (κ2) is 7.54. The van der Waals surface area contributed by atoms with E-state index in [-0.39, 0.29) is 12.6 Å². The highest BCUT2D eigenvalue weighted by atomic mass is 16.5. The van der Waals surface area contributed by atoms with E-state index in [1.54, 1.807) is 0 Å². The van der Waals surface area contributed by atoms with E-state index in [9.17, 15) is 9.90 Å². The van der Waals surface area contributed by atoms with Crippen molar-refractivity contribution in [3.8, 4) is 11.5 Å². The summed E-state index contributed by atoms with van der Waals surface area (Å²) in [5.41, 5.74) is 1.49. The number of benzene rings is 1. The smallest absolute Gasteiger partial charge is 0.305 e. The molecule has 0 unspecified atom stereocenters. The molecular formula is C15H18N2O4. The number of aliphatic hydroxyl groups is 1. The number of aryl methyl sites for hydroxylation is 1. The predicted molar refractivity (Wildman–Crippen MR) is 75.2 cm³/mol. The van der Waals surface area contributed by atoms with Crippen molar-refractivity contribution < 1.29 is 19.2 Å². The molecule has 0 atom stereocenters. The van der Waals surface area contributed by atoms with Crippen LogP contribution in [0.15, 0.2) is 28.8 Å². The number of methoxy groups -OCH3 is 1. The second-order valence-electron chi connectivity index (χ2n) is 4.61. The first kappa shape index (κ1) is 15.2. The molecule has 1 aromatic carbocycles. The van der Waals surface area contributed by atoms with Crippen LogP contribution in [0.25, 0.3) is 11.5 Å². The van der Waals surface area contributed by atoms with Crippen molar-refractivity contribution in [1.82, 2.24) is 10.1 Å². The molecule has 112 valence electrons. The zero-order valence-corrected chi connectivity index (χ0v) is 11.9. The maximum Gasteiger partial charge on any atom is 0.305 e. The summed E-state index contributed by atoms with van der Waals surface area (Å²) in [6.07, 6.45) is 2.55. The van der Waals surface area contributed by atoms with Gasteiger partial charge < -0.3 is 14.4 Å². The molecule has 2 aromatic rings. The van der Waals surface area contributed by atoms with Gasteiger partial charge in [0.05, 0.1) is 13.7 Å². The molecule has 0 aliphatic carbocycles. The maximum atomic E-state index is 11.0. The molecule has 1 aromatic heterocycles. The summed E-state index contributed by atoms with van der Waals surface area (Å²) in [5.74, 6) is 0.797. The molecule has 2 rings (SSSR count). The Balaban J connectivity index is 1.94. The van der Waals surface area contributed by atoms with E-state index in [1.807, 2.05) is 24.3 Å². The van der Waals surface area contributed by atoms with Crippen LogP contribution in [0.4, 0.5) is 0 Å². The van der Waals surface area contributed by atoms with Crippen molar-refractivity contribution in [1.29, 1.82) is 0 Å². The van der Waals surface area contributed by atoms with Gasteiger partial charge in [-0.2, -0.15) is 4.98 Å². The lowest BCUT2D eigenvalue weighted by Gasteiger charge is -2.00. The fraction of sp³-hybridized carbons (Fsp3) is 0.400. The average molecular weight is 290 g/mol. The van der Waals surface area contributed by atoms with E-state index in [0.717, 1.165) is 24.0 Å². The molecule has 6 nitrogen and oxygen atoms in total. The molecule has 21 heavy (non-hydrogen) atoms. The van der Waals surface area contributed by atoms with Gasteiger partial charge in [0.25, 0.3) is 5.89 Å². The molecule has 6 heteroatoms. The Hall–Kier alpha value is -2.21. The van der Waals surface area contributed by atoms with Gasteiger partial charge in [-0.05, 0) is 24.5 Å². The topological polar surface area (TPSA) is 85.5 Å². The van der Waals surface area contributed by atoms with Crippen LogP contribution in [0.5, 0.6) is 0 Å². The quantitative estimate of drug-likeness (QED) is 0.621. The number of ether oxygens (including phenoxy) is 1. The number of aliphatic hydroxyl groups excluding tert-OH is 1. The molecule has 0 saturated heterocycles. The van der Waals surface area contributed by atoms with Crippen LogP contribution in [0.1, 0.15) is 30.7 Å². The average Bonchev–Trinajstić information content (AvgIpc) is 3.00. The fourth-order valence-corrected chi connectivity index (χ4v) is 1.99. The highest BCUT2D eigenvalue weighted by Crippen LogP contribution is 2.22. The molecule has 0 aliphatic heterocycles. The number of aromatic nitrogens is 2. The number of hydrogen-bond donors (Lipinski definition) is 1. The highest BCUT2D eigenvalue weighted by molar-refractivity contribution is 5.68. The molecule has 0 spiro atoms. The molecule has 0 amide bonds. The van der Waals surface area contributed by atoms with Crippen molar-refractivity contribution in [3.05, 3.63) is 35.7 Å². The summed E-state index contributed by atoms with van der Waals surface area (Å²) in [4.78, 5) is 15.3. The summed E-state index contributed by atoms with van der Waals surface area (Å²) < 4.78 is 9.81. The minimum absolute atomic E-state index is 0.0764. The largest absolute Gasteiger partial charge is 0.469 e. The highest BCUT2D eigenvalue weighted by Gasteiger charge is 2.12. The minimum atomic E-state index is -0.208. The monoisotopic (exact) mass is 290 g/mol. The number of rotatable bonds is 7. The summed E-state index contributed by atoms with van der Waals surface area (Å²) in [6, 6.07) is 7.35. The Kier molecular flexibility index (Phi) is 5.45. The standard InChI is InChI=1S/C15H18N2O4/c1-20-14(19)9-5-4-8-13-16-15(21-17-13)12-7-3-2-6-11(12)10-18/h2-3,6-7,18H,4-5,8-10H2,1H3. The lowest BCUT2D eigenvalue weighted by Crippen LogP contribution is -2.00. The van der Waals surface area contributed by atoms with Crippen molar-refractivity contribution in [2.45, 2.75) is 32.3 Å². The van der Waals surface area contributed by atoms with Gasteiger partial charge in [0.2, 0.25) is 0 Å². The van der Waals surface area contributed by atoms with Gasteiger partial charge in [-0.1, -0.05) is 23.4 Å². The molecule has 0 radical (unpaired) electrons. The number of esters is 1. The Bertz CT molecular complexity index is 595. The van der Waals surface area contributed by atoms with Crippen LogP contribution < -0.4 is 0 Å². The second-order valence-corrected chi connectivity index (χ2v) is 4.61. The van der Waals surface area contributed by atoms with E-state index in [4.69, 9.17) is 4.52 Å². The third-order valence-corrected chi connectivity index (χ3v) is 3.15. The number of unbranched alkanes of at least 4 members (excludes halogenated alkanes) is 1. The lowest BCUT2D eigenvalue weighted by atomic mass is 10.1. The Morgan fingerprint density at radius 3 is 2.90 bits per heavy atom. The van der Waals surface area contributed by atoms with Crippen molar-refractivity contribution in [2.75, 3.05) is 7.11 Å². The normalized spacial score (nSPS) is 10.6. The van der Waals surface area contributed by atoms with E-state index in [0.29, 0.717) is 24.6 Å². The zero-order valence-electron chi connectivity index (χ0n) is 11.9. The minimum Gasteiger partial charge on any atom is -0.469 e. The summed E-state index contributed by atoms with van der Waals surface area (Å²) >= 11 is 0. The van der Waals surface area contributed by atoms with Gasteiger partial charge in [-0.25, -0.2) is 0 Å². The van der Waals surface area contributed by atoms with Crippen LogP contribution in [0.3, 0.4) is 0 Å². The molecule has 0 bridgehead atoms. The predicted octanol–water partition coefficient (Wildman–Crippen LogP) is 2.11. The maximum absolute atomic E-state index is 11.0. The summed E-state index contributed by atoms with van der Waals surface area (Å²) in [7, 11) is 1.38. The van der Waals surface area contributed by atoms with E-state index in [2.05, 4.69) is 14.9 Å². The molecular weight excluding hydrogens is 272 g/mol. The molecule has 1 N–H and O–H groups in total. The fourth-order valence-electron chi connectivity index (χ4n) is 1.99. The number of carbonyl (C=O) groups is 1. The van der Waals surface area contributed by atoms with Gasteiger partial charge in [-0.3, -0.25) is 4.79 Å². The van der Waals surface area contributed by atoms with E-state index in [1.165, 1.54) is 7.11 Å². The molecule has 1 heterocycles. The van der Waals surface area contributed by atoms with Crippen molar-refractivity contribution >= 4 is 5.97 Å². The third-order valence-electron chi connectivity index (χ3n) is 3.15. The number of carbonyl (C=O) groups excluding carboxylic acids is 1. The van der Waals surface area contributed by atoms with Gasteiger partial charge >= 0.3 is 5.97 Å². The lowest BCUT2D eigenvalue weighted by molar-refractivity contribution is -0.140. The Morgan fingerprint density at radius 1 is 1.33 bits per heavy atom. The first-order chi connectivity index (χ1) is 10.2. The zero-order chi connectivity index (χ0) is 15.1. The SMILES string of the molecule is COC(=O)CCCCc1noc(-c2ccccc2CO)n1. The first-order valence-corrected chi connectivity index (χ1v) is 6.83. The van der Waals surface area contributed by atoms with Gasteiger partial charge in [0, 0.05) is 18.4 Å². The van der Waals surface area contributed by atoms with Crippen molar-refractivity contribution in [2.24, 2.45) is 0 Å². The van der Waals surface area contributed by atoms with Gasteiger partial charge in [0.15, 0.2) is 5.82 Å². The van der Waals surface area contributed by atoms with Gasteiger partial charge in [0.1, 0.15) is 0 Å². The number of nitrogens with zero attached hydrogens (tertiary/aromatic N) is 2. The summed E-state index contributed by atoms with van der Waals surface area (Å²) in [5, 5.41) is 13.2. The van der Waals surface area contributed by atoms with Crippen LogP contribution in [0, 0.1) is 0 Å². The Labute approximate surface area is 122 Å². The molecule has 0 aliphatic rings. The third kappa shape index (κ3) is 4.13. The van der Waals surface area contributed by atoms with Gasteiger partial charge in [-0.15, -0.1) is 0 Å². The van der Waals surface area contributed by atoms with Crippen LogP contribution in [-0.2, 0) is 22.6 Å². The first-order valence-electron chi connectivity index (χ1n) is 6.83. The van der Waals surface area contributed by atoms with E-state index < -0.39 is 0 Å².